The highest BCUT2D eigenvalue weighted by Crippen LogP contribution is 2.21. The van der Waals surface area contributed by atoms with Crippen LogP contribution in [0.1, 0.15) is 31.7 Å². The zero-order valence-corrected chi connectivity index (χ0v) is 19.1. The average molecular weight is 498 g/mol. The normalized spacial score (nSPS) is 12.8. The van der Waals surface area contributed by atoms with Crippen molar-refractivity contribution in [3.8, 4) is 5.75 Å². The minimum Gasteiger partial charge on any atom is -0.497 e. The van der Waals surface area contributed by atoms with E-state index in [1.54, 1.807) is 21.1 Å². The molecule has 0 heterocycles. The molecule has 0 amide bonds. The molecule has 0 aliphatic carbocycles. The number of benzene rings is 1. The van der Waals surface area contributed by atoms with Crippen LogP contribution in [0.4, 0.5) is 0 Å². The number of ether oxygens (including phenoxy) is 1. The number of sulfonamides is 1. The highest BCUT2D eigenvalue weighted by atomic mass is 127. The Morgan fingerprint density at radius 2 is 1.77 bits per heavy atom. The van der Waals surface area contributed by atoms with Gasteiger partial charge in [-0.05, 0) is 37.0 Å². The molecule has 7 nitrogen and oxygen atoms in total. The molecule has 9 heteroatoms. The highest BCUT2D eigenvalue weighted by molar-refractivity contribution is 14.0. The summed E-state index contributed by atoms with van der Waals surface area (Å²) in [5.74, 6) is 2.02. The Labute approximate surface area is 174 Å². The van der Waals surface area contributed by atoms with Crippen LogP contribution in [0.15, 0.2) is 29.3 Å². The van der Waals surface area contributed by atoms with Gasteiger partial charge in [-0.15, -0.1) is 24.0 Å². The van der Waals surface area contributed by atoms with Gasteiger partial charge in [0.05, 0.1) is 12.9 Å². The second-order valence-corrected chi connectivity index (χ2v) is 7.78. The van der Waals surface area contributed by atoms with E-state index >= 15 is 0 Å². The van der Waals surface area contributed by atoms with Gasteiger partial charge in [-0.1, -0.05) is 19.1 Å². The van der Waals surface area contributed by atoms with Crippen molar-refractivity contribution in [3.63, 3.8) is 0 Å². The van der Waals surface area contributed by atoms with E-state index in [0.717, 1.165) is 18.7 Å². The second-order valence-electron chi connectivity index (χ2n) is 5.69. The smallest absolute Gasteiger partial charge is 0.211 e. The minimum absolute atomic E-state index is 0. The van der Waals surface area contributed by atoms with Gasteiger partial charge in [-0.2, -0.15) is 0 Å². The molecule has 1 aromatic carbocycles. The van der Waals surface area contributed by atoms with E-state index in [9.17, 15) is 8.42 Å². The molecule has 0 aliphatic heterocycles. The summed E-state index contributed by atoms with van der Waals surface area (Å²) in [4.78, 5) is 4.14. The number of methoxy groups -OCH3 is 1. The van der Waals surface area contributed by atoms with E-state index in [4.69, 9.17) is 4.74 Å². The second kappa shape index (κ2) is 13.2. The van der Waals surface area contributed by atoms with Crippen LogP contribution in [0, 0.1) is 0 Å². The molecule has 0 fully saturated rings. The molecule has 150 valence electrons. The first-order valence-corrected chi connectivity index (χ1v) is 10.1. The van der Waals surface area contributed by atoms with E-state index in [1.165, 1.54) is 5.56 Å². The van der Waals surface area contributed by atoms with Crippen molar-refractivity contribution in [2.75, 3.05) is 39.5 Å². The third-order valence-corrected chi connectivity index (χ3v) is 5.30. The molecule has 26 heavy (non-hydrogen) atoms. The van der Waals surface area contributed by atoms with Crippen LogP contribution in [0.2, 0.25) is 0 Å². The minimum atomic E-state index is -3.15. The van der Waals surface area contributed by atoms with Gasteiger partial charge in [-0.3, -0.25) is 4.99 Å². The molecule has 0 saturated heterocycles. The van der Waals surface area contributed by atoms with Crippen LogP contribution in [0.5, 0.6) is 5.75 Å². The van der Waals surface area contributed by atoms with Crippen molar-refractivity contribution in [1.29, 1.82) is 0 Å². The number of nitrogens with one attached hydrogen (secondary N) is 3. The summed E-state index contributed by atoms with van der Waals surface area (Å²) in [7, 11) is 0.207. The maximum absolute atomic E-state index is 11.3. The number of hydrogen-bond donors (Lipinski definition) is 3. The molecule has 0 radical (unpaired) electrons. The van der Waals surface area contributed by atoms with Gasteiger partial charge in [0.15, 0.2) is 5.96 Å². The monoisotopic (exact) mass is 498 g/mol. The van der Waals surface area contributed by atoms with Gasteiger partial charge in [0.2, 0.25) is 10.0 Å². The lowest BCUT2D eigenvalue weighted by Crippen LogP contribution is -2.42. The topological polar surface area (TPSA) is 91.8 Å². The molecule has 0 bridgehead atoms. The predicted molar refractivity (Wildman–Crippen MR) is 118 cm³/mol. The van der Waals surface area contributed by atoms with Gasteiger partial charge in [0, 0.05) is 26.7 Å². The van der Waals surface area contributed by atoms with Crippen LogP contribution < -0.4 is 20.1 Å². The van der Waals surface area contributed by atoms with Gasteiger partial charge < -0.3 is 15.4 Å². The molecule has 1 aromatic rings. The summed E-state index contributed by atoms with van der Waals surface area (Å²) in [5.41, 5.74) is 1.26. The number of nitrogens with zero attached hydrogens (tertiary/aromatic N) is 1. The van der Waals surface area contributed by atoms with Crippen LogP contribution >= 0.6 is 24.0 Å². The van der Waals surface area contributed by atoms with Crippen molar-refractivity contribution in [2.45, 2.75) is 26.2 Å². The summed E-state index contributed by atoms with van der Waals surface area (Å²) in [6, 6.07) is 8.10. The standard InChI is InChI=1S/C17H30N4O3S.HI/c1-5-25(22,23)21-13-12-20-17(18-3)19-11-10-14(2)15-6-8-16(24-4)9-7-15;/h6-9,14,21H,5,10-13H2,1-4H3,(H2,18,19,20);1H. The molecule has 1 rings (SSSR count). The first kappa shape index (κ1) is 24.9. The molecule has 0 spiro atoms. The van der Waals surface area contributed by atoms with Gasteiger partial charge in [-0.25, -0.2) is 13.1 Å². The Hall–Kier alpha value is -1.07. The van der Waals surface area contributed by atoms with Gasteiger partial charge in [0.25, 0.3) is 0 Å². The summed E-state index contributed by atoms with van der Waals surface area (Å²) >= 11 is 0. The summed E-state index contributed by atoms with van der Waals surface area (Å²) in [5, 5.41) is 6.33. The molecule has 0 saturated carbocycles. The molecular weight excluding hydrogens is 467 g/mol. The summed E-state index contributed by atoms with van der Waals surface area (Å²) < 4.78 is 30.4. The molecular formula is C17H31IN4O3S. The maximum Gasteiger partial charge on any atom is 0.211 e. The third-order valence-electron chi connectivity index (χ3n) is 3.90. The molecule has 1 atom stereocenters. The predicted octanol–water partition coefficient (Wildman–Crippen LogP) is 1.91. The van der Waals surface area contributed by atoms with E-state index in [1.807, 2.05) is 12.1 Å². The van der Waals surface area contributed by atoms with Crippen molar-refractivity contribution in [2.24, 2.45) is 4.99 Å². The van der Waals surface area contributed by atoms with Gasteiger partial charge in [0.1, 0.15) is 5.75 Å². The number of aliphatic imine (C=N–C) groups is 1. The Morgan fingerprint density at radius 1 is 1.15 bits per heavy atom. The van der Waals surface area contributed by atoms with Crippen molar-refractivity contribution in [1.82, 2.24) is 15.4 Å². The summed E-state index contributed by atoms with van der Waals surface area (Å²) in [6.45, 7) is 5.37. The number of hydrogen-bond acceptors (Lipinski definition) is 4. The van der Waals surface area contributed by atoms with Crippen LogP contribution in [0.25, 0.3) is 0 Å². The van der Waals surface area contributed by atoms with E-state index < -0.39 is 10.0 Å². The number of halogens is 1. The first-order chi connectivity index (χ1) is 11.9. The van der Waals surface area contributed by atoms with E-state index in [-0.39, 0.29) is 29.7 Å². The lowest BCUT2D eigenvalue weighted by Gasteiger charge is -2.15. The quantitative estimate of drug-likeness (QED) is 0.199. The molecule has 3 N–H and O–H groups in total. The van der Waals surface area contributed by atoms with Crippen molar-refractivity contribution < 1.29 is 13.2 Å². The lowest BCUT2D eigenvalue weighted by molar-refractivity contribution is 0.414. The Bertz CT molecular complexity index is 636. The number of rotatable bonds is 10. The summed E-state index contributed by atoms with van der Waals surface area (Å²) in [6.07, 6.45) is 0.954. The molecule has 0 aliphatic rings. The van der Waals surface area contributed by atoms with Crippen molar-refractivity contribution >= 4 is 40.0 Å². The zero-order valence-electron chi connectivity index (χ0n) is 15.9. The first-order valence-electron chi connectivity index (χ1n) is 8.47. The largest absolute Gasteiger partial charge is 0.497 e. The van der Waals surface area contributed by atoms with Crippen LogP contribution in [-0.4, -0.2) is 53.9 Å². The highest BCUT2D eigenvalue weighted by Gasteiger charge is 2.07. The fourth-order valence-electron chi connectivity index (χ4n) is 2.22. The Kier molecular flexibility index (Phi) is 12.6. The van der Waals surface area contributed by atoms with E-state index in [2.05, 4.69) is 39.4 Å². The average Bonchev–Trinajstić information content (AvgIpc) is 2.63. The lowest BCUT2D eigenvalue weighted by atomic mass is 9.98. The third kappa shape index (κ3) is 9.58. The SMILES string of the molecule is CCS(=O)(=O)NCCNC(=NC)NCCC(C)c1ccc(OC)cc1.I. The number of guanidine groups is 1. The molecule has 0 aromatic heterocycles. The molecule has 1 unspecified atom stereocenters. The Morgan fingerprint density at radius 3 is 2.31 bits per heavy atom. The van der Waals surface area contributed by atoms with Crippen LogP contribution in [0.3, 0.4) is 0 Å². The van der Waals surface area contributed by atoms with Gasteiger partial charge >= 0.3 is 0 Å². The fourth-order valence-corrected chi connectivity index (χ4v) is 2.83. The maximum atomic E-state index is 11.3. The van der Waals surface area contributed by atoms with E-state index in [0.29, 0.717) is 25.0 Å². The van der Waals surface area contributed by atoms with Crippen molar-refractivity contribution in [3.05, 3.63) is 29.8 Å². The zero-order chi connectivity index (χ0) is 18.7. The van der Waals surface area contributed by atoms with Crippen LogP contribution in [-0.2, 0) is 10.0 Å². The Balaban J connectivity index is 0.00000625. The fraction of sp³-hybridized carbons (Fsp3) is 0.588.